The molecule has 1 aromatic heterocycles. The molecule has 0 N–H and O–H groups in total. The predicted molar refractivity (Wildman–Crippen MR) is 59.1 cm³/mol. The van der Waals surface area contributed by atoms with Gasteiger partial charge in [-0.25, -0.2) is 4.39 Å². The Kier molecular flexibility index (Phi) is 2.65. The number of halogens is 1. The molecule has 16 heavy (non-hydrogen) atoms. The molecule has 2 rings (SSSR count). The van der Waals surface area contributed by atoms with E-state index < -0.39 is 0 Å². The molecule has 2 aromatic rings. The van der Waals surface area contributed by atoms with Crippen LogP contribution in [0.3, 0.4) is 0 Å². The van der Waals surface area contributed by atoms with Crippen molar-refractivity contribution in [1.82, 2.24) is 4.98 Å². The Bertz CT molecular complexity index is 553. The van der Waals surface area contributed by atoms with Crippen LogP contribution >= 0.6 is 0 Å². The van der Waals surface area contributed by atoms with Gasteiger partial charge in [0.2, 0.25) is 0 Å². The maximum atomic E-state index is 13.1. The fourth-order valence-corrected chi connectivity index (χ4v) is 1.48. The number of pyridine rings is 1. The van der Waals surface area contributed by atoms with Crippen molar-refractivity contribution in [1.29, 1.82) is 5.26 Å². The van der Waals surface area contributed by atoms with E-state index in [4.69, 9.17) is 5.26 Å². The average molecular weight is 212 g/mol. The summed E-state index contributed by atoms with van der Waals surface area (Å²) in [5, 5.41) is 8.93. The van der Waals surface area contributed by atoms with Crippen LogP contribution in [0.25, 0.3) is 11.1 Å². The highest BCUT2D eigenvalue weighted by Crippen LogP contribution is 2.23. The zero-order chi connectivity index (χ0) is 11.5. The second-order valence-electron chi connectivity index (χ2n) is 3.49. The second kappa shape index (κ2) is 4.11. The number of hydrogen-bond donors (Lipinski definition) is 0. The Balaban J connectivity index is 2.59. The zero-order valence-corrected chi connectivity index (χ0v) is 8.74. The molecule has 1 aromatic carbocycles. The third-order valence-electron chi connectivity index (χ3n) is 2.32. The highest BCUT2D eigenvalue weighted by Gasteiger charge is 2.06. The smallest absolute Gasteiger partial charge is 0.123 e. The van der Waals surface area contributed by atoms with Gasteiger partial charge in [-0.1, -0.05) is 6.07 Å². The lowest BCUT2D eigenvalue weighted by Crippen LogP contribution is -1.88. The molecule has 0 fully saturated rings. The first-order valence-electron chi connectivity index (χ1n) is 4.83. The van der Waals surface area contributed by atoms with Crippen molar-refractivity contribution in [2.45, 2.75) is 6.92 Å². The molecule has 0 aliphatic carbocycles. The Morgan fingerprint density at radius 2 is 2.06 bits per heavy atom. The molecule has 0 bridgehead atoms. The molecular weight excluding hydrogens is 203 g/mol. The topological polar surface area (TPSA) is 36.7 Å². The molecule has 1 heterocycles. The highest BCUT2D eigenvalue weighted by atomic mass is 19.1. The normalized spacial score (nSPS) is 9.81. The number of aromatic nitrogens is 1. The molecule has 0 unspecified atom stereocenters. The number of nitrogens with zero attached hydrogens (tertiary/aromatic N) is 2. The fourth-order valence-electron chi connectivity index (χ4n) is 1.48. The number of hydrogen-bond acceptors (Lipinski definition) is 2. The van der Waals surface area contributed by atoms with E-state index in [0.29, 0.717) is 11.1 Å². The maximum absolute atomic E-state index is 13.1. The standard InChI is InChI=1S/C13H9FN2/c1-9-2-3-11(8-16-9)13-6-12(14)5-4-10(13)7-15/h2-6,8H,1H3. The van der Waals surface area contributed by atoms with Gasteiger partial charge in [-0.3, -0.25) is 4.98 Å². The first kappa shape index (κ1) is 10.3. The lowest BCUT2D eigenvalue weighted by molar-refractivity contribution is 0.628. The van der Waals surface area contributed by atoms with E-state index in [9.17, 15) is 4.39 Å². The van der Waals surface area contributed by atoms with Crippen molar-refractivity contribution in [3.05, 3.63) is 53.6 Å². The van der Waals surface area contributed by atoms with Crippen molar-refractivity contribution in [3.8, 4) is 17.2 Å². The van der Waals surface area contributed by atoms with Gasteiger partial charge in [-0.2, -0.15) is 5.26 Å². The summed E-state index contributed by atoms with van der Waals surface area (Å²) < 4.78 is 13.1. The van der Waals surface area contributed by atoms with Crippen LogP contribution in [0.1, 0.15) is 11.3 Å². The van der Waals surface area contributed by atoms with Gasteiger partial charge in [0.25, 0.3) is 0 Å². The Morgan fingerprint density at radius 1 is 1.25 bits per heavy atom. The SMILES string of the molecule is Cc1ccc(-c2cc(F)ccc2C#N)cn1. The van der Waals surface area contributed by atoms with Crippen LogP contribution < -0.4 is 0 Å². The van der Waals surface area contributed by atoms with Gasteiger partial charge in [0, 0.05) is 23.0 Å². The molecule has 0 aliphatic heterocycles. The van der Waals surface area contributed by atoms with E-state index in [1.165, 1.54) is 18.2 Å². The van der Waals surface area contributed by atoms with Gasteiger partial charge < -0.3 is 0 Å². The van der Waals surface area contributed by atoms with Gasteiger partial charge in [0.15, 0.2) is 0 Å². The minimum absolute atomic E-state index is 0.352. The summed E-state index contributed by atoms with van der Waals surface area (Å²) in [4.78, 5) is 4.13. The number of aryl methyl sites for hydroxylation is 1. The summed E-state index contributed by atoms with van der Waals surface area (Å²) in [6.07, 6.45) is 1.64. The Hall–Kier alpha value is -2.21. The van der Waals surface area contributed by atoms with Gasteiger partial charge in [0.1, 0.15) is 5.82 Å². The van der Waals surface area contributed by atoms with Crippen LogP contribution in [0.5, 0.6) is 0 Å². The van der Waals surface area contributed by atoms with Crippen molar-refractivity contribution in [2.75, 3.05) is 0 Å². The minimum Gasteiger partial charge on any atom is -0.261 e. The van der Waals surface area contributed by atoms with Crippen LogP contribution in [0.15, 0.2) is 36.5 Å². The quantitative estimate of drug-likeness (QED) is 0.728. The van der Waals surface area contributed by atoms with Crippen molar-refractivity contribution in [3.63, 3.8) is 0 Å². The first-order valence-corrected chi connectivity index (χ1v) is 4.83. The summed E-state index contributed by atoms with van der Waals surface area (Å²) in [7, 11) is 0. The third kappa shape index (κ3) is 1.91. The van der Waals surface area contributed by atoms with Crippen LogP contribution in [-0.4, -0.2) is 4.98 Å². The summed E-state index contributed by atoms with van der Waals surface area (Å²) in [5.41, 5.74) is 2.67. The molecule has 0 aliphatic rings. The largest absolute Gasteiger partial charge is 0.261 e. The van der Waals surface area contributed by atoms with E-state index in [2.05, 4.69) is 4.98 Å². The zero-order valence-electron chi connectivity index (χ0n) is 8.74. The van der Waals surface area contributed by atoms with Gasteiger partial charge in [-0.05, 0) is 31.2 Å². The van der Waals surface area contributed by atoms with Gasteiger partial charge >= 0.3 is 0 Å². The number of benzene rings is 1. The van der Waals surface area contributed by atoms with Crippen LogP contribution in [0, 0.1) is 24.1 Å². The second-order valence-corrected chi connectivity index (χ2v) is 3.49. The van der Waals surface area contributed by atoms with Gasteiger partial charge in [-0.15, -0.1) is 0 Å². The molecule has 3 heteroatoms. The summed E-state index contributed by atoms with van der Waals surface area (Å²) >= 11 is 0. The average Bonchev–Trinajstić information content (AvgIpc) is 2.30. The third-order valence-corrected chi connectivity index (χ3v) is 2.32. The van der Waals surface area contributed by atoms with Crippen molar-refractivity contribution < 1.29 is 4.39 Å². The van der Waals surface area contributed by atoms with E-state index in [1.807, 2.05) is 25.1 Å². The molecule has 0 atom stereocenters. The lowest BCUT2D eigenvalue weighted by atomic mass is 10.0. The predicted octanol–water partition coefficient (Wildman–Crippen LogP) is 3.07. The Morgan fingerprint density at radius 3 is 2.69 bits per heavy atom. The van der Waals surface area contributed by atoms with Gasteiger partial charge in [0.05, 0.1) is 11.6 Å². The van der Waals surface area contributed by atoms with Crippen molar-refractivity contribution in [2.24, 2.45) is 0 Å². The van der Waals surface area contributed by atoms with Crippen LogP contribution in [0.4, 0.5) is 4.39 Å². The summed E-state index contributed by atoms with van der Waals surface area (Å²) in [6, 6.07) is 9.82. The molecule has 78 valence electrons. The molecular formula is C13H9FN2. The number of rotatable bonds is 1. The monoisotopic (exact) mass is 212 g/mol. The summed E-state index contributed by atoms with van der Waals surface area (Å²) in [6.45, 7) is 1.88. The number of nitriles is 1. The van der Waals surface area contributed by atoms with E-state index in [-0.39, 0.29) is 5.82 Å². The van der Waals surface area contributed by atoms with E-state index >= 15 is 0 Å². The fraction of sp³-hybridized carbons (Fsp3) is 0.0769. The summed E-state index contributed by atoms with van der Waals surface area (Å²) in [5.74, 6) is -0.352. The molecule has 0 saturated heterocycles. The highest BCUT2D eigenvalue weighted by molar-refractivity contribution is 5.69. The Labute approximate surface area is 93.0 Å². The molecule has 0 amide bonds. The van der Waals surface area contributed by atoms with Crippen LogP contribution in [0.2, 0.25) is 0 Å². The molecule has 0 spiro atoms. The van der Waals surface area contributed by atoms with E-state index in [0.717, 1.165) is 11.3 Å². The molecule has 2 nitrogen and oxygen atoms in total. The van der Waals surface area contributed by atoms with Crippen LogP contribution in [-0.2, 0) is 0 Å². The minimum atomic E-state index is -0.352. The molecule has 0 radical (unpaired) electrons. The maximum Gasteiger partial charge on any atom is 0.123 e. The molecule has 0 saturated carbocycles. The van der Waals surface area contributed by atoms with E-state index in [1.54, 1.807) is 6.20 Å². The first-order chi connectivity index (χ1) is 7.70. The van der Waals surface area contributed by atoms with Crippen molar-refractivity contribution >= 4 is 0 Å². The lowest BCUT2D eigenvalue weighted by Gasteiger charge is -2.04.